The molecule has 124 valence electrons. The monoisotopic (exact) mass is 341 g/mol. The molecule has 0 aromatic rings. The fourth-order valence-corrected chi connectivity index (χ4v) is 5.29. The fourth-order valence-electron chi connectivity index (χ4n) is 3.30. The van der Waals surface area contributed by atoms with Gasteiger partial charge in [0.05, 0.1) is 29.4 Å². The number of carbonyl (C=O) groups is 4. The largest absolute Gasteiger partial charge is 0.469 e. The molecule has 6 atom stereocenters. The van der Waals surface area contributed by atoms with Crippen LogP contribution in [0.2, 0.25) is 0 Å². The van der Waals surface area contributed by atoms with Gasteiger partial charge in [-0.25, -0.2) is 0 Å². The van der Waals surface area contributed by atoms with Crippen molar-refractivity contribution in [2.75, 3.05) is 13.7 Å². The molecule has 3 aliphatic heterocycles. The Morgan fingerprint density at radius 2 is 2.13 bits per heavy atom. The van der Waals surface area contributed by atoms with Gasteiger partial charge >= 0.3 is 17.9 Å². The van der Waals surface area contributed by atoms with Crippen molar-refractivity contribution in [3.63, 3.8) is 0 Å². The molecule has 0 aromatic heterocycles. The molecule has 9 heteroatoms. The molecule has 3 fully saturated rings. The smallest absolute Gasteiger partial charge is 0.325 e. The molecular weight excluding hydrogens is 326 g/mol. The summed E-state index contributed by atoms with van der Waals surface area (Å²) in [5.41, 5.74) is 0. The van der Waals surface area contributed by atoms with Crippen LogP contribution < -0.4 is 5.32 Å². The lowest BCUT2D eigenvalue weighted by molar-refractivity contribution is -0.160. The number of carbonyl (C=O) groups excluding carboxylic acids is 4. The number of amides is 1. The van der Waals surface area contributed by atoms with Crippen LogP contribution in [0.3, 0.4) is 0 Å². The van der Waals surface area contributed by atoms with Crippen LogP contribution in [0.1, 0.15) is 0 Å². The second kappa shape index (κ2) is 5.88. The lowest BCUT2D eigenvalue weighted by atomic mass is 9.78. The van der Waals surface area contributed by atoms with Gasteiger partial charge in [0.2, 0.25) is 5.91 Å². The molecule has 0 saturated carbocycles. The molecule has 2 bridgehead atoms. The summed E-state index contributed by atoms with van der Waals surface area (Å²) in [5, 5.41) is 1.72. The lowest BCUT2D eigenvalue weighted by Gasteiger charge is -2.28. The highest BCUT2D eigenvalue weighted by Gasteiger charge is 2.71. The molecule has 8 nitrogen and oxygen atoms in total. The number of methoxy groups -OCH3 is 1. The summed E-state index contributed by atoms with van der Waals surface area (Å²) in [6.45, 7) is 2.95. The molecule has 0 aliphatic carbocycles. The normalized spacial score (nSPS) is 36.3. The van der Waals surface area contributed by atoms with Crippen LogP contribution in [0, 0.1) is 11.8 Å². The summed E-state index contributed by atoms with van der Waals surface area (Å²) < 4.78 is 15.4. The third kappa shape index (κ3) is 2.48. The van der Waals surface area contributed by atoms with Crippen LogP contribution >= 0.6 is 11.8 Å². The maximum Gasteiger partial charge on any atom is 0.325 e. The zero-order chi connectivity index (χ0) is 16.7. The van der Waals surface area contributed by atoms with Crippen LogP contribution in [-0.2, 0) is 33.4 Å². The lowest BCUT2D eigenvalue weighted by Crippen LogP contribution is -2.48. The Labute approximate surface area is 135 Å². The first-order valence-electron chi connectivity index (χ1n) is 7.01. The van der Waals surface area contributed by atoms with Crippen molar-refractivity contribution in [2.24, 2.45) is 11.8 Å². The Morgan fingerprint density at radius 1 is 1.39 bits per heavy atom. The van der Waals surface area contributed by atoms with Crippen molar-refractivity contribution in [3.05, 3.63) is 12.7 Å². The molecule has 0 aromatic carbocycles. The van der Waals surface area contributed by atoms with Crippen molar-refractivity contribution >= 4 is 35.6 Å². The first-order chi connectivity index (χ1) is 11.0. The number of hydrogen-bond donors (Lipinski definition) is 1. The minimum absolute atomic E-state index is 0.211. The standard InChI is InChI=1S/C14H15NO7S/c1-3-5(16)15-4-6(17)21-9-10-12-8(14(19)22-10)7(11(9)23-12)13(18)20-2/h3,7-12H,1,4H2,2H3,(H,15,16). The second-order valence-corrected chi connectivity index (χ2v) is 6.78. The Hall–Kier alpha value is -2.03. The van der Waals surface area contributed by atoms with E-state index in [2.05, 4.69) is 11.9 Å². The molecule has 1 N–H and O–H groups in total. The van der Waals surface area contributed by atoms with Crippen LogP contribution in [0.5, 0.6) is 0 Å². The van der Waals surface area contributed by atoms with E-state index in [-0.39, 0.29) is 17.0 Å². The van der Waals surface area contributed by atoms with E-state index in [0.717, 1.165) is 6.08 Å². The zero-order valence-electron chi connectivity index (χ0n) is 12.2. The van der Waals surface area contributed by atoms with Crippen molar-refractivity contribution in [2.45, 2.75) is 22.7 Å². The second-order valence-electron chi connectivity index (χ2n) is 5.42. The topological polar surface area (TPSA) is 108 Å². The Morgan fingerprint density at radius 3 is 2.78 bits per heavy atom. The van der Waals surface area contributed by atoms with Gasteiger partial charge in [0.15, 0.2) is 12.2 Å². The average molecular weight is 341 g/mol. The number of esters is 3. The number of hydrogen-bond acceptors (Lipinski definition) is 8. The minimum Gasteiger partial charge on any atom is -0.469 e. The van der Waals surface area contributed by atoms with Gasteiger partial charge in [0, 0.05) is 0 Å². The van der Waals surface area contributed by atoms with Crippen LogP contribution in [0.15, 0.2) is 12.7 Å². The molecule has 23 heavy (non-hydrogen) atoms. The zero-order valence-corrected chi connectivity index (χ0v) is 13.0. The quantitative estimate of drug-likeness (QED) is 0.387. The van der Waals surface area contributed by atoms with Crippen LogP contribution in [0.25, 0.3) is 0 Å². The molecule has 0 spiro atoms. The predicted octanol–water partition coefficient (Wildman–Crippen LogP) is -0.971. The summed E-state index contributed by atoms with van der Waals surface area (Å²) in [4.78, 5) is 46.8. The van der Waals surface area contributed by atoms with Crippen molar-refractivity contribution in [1.82, 2.24) is 5.32 Å². The van der Waals surface area contributed by atoms with E-state index in [1.165, 1.54) is 18.9 Å². The van der Waals surface area contributed by atoms with Crippen LogP contribution in [0.4, 0.5) is 0 Å². The van der Waals surface area contributed by atoms with Gasteiger partial charge in [-0.1, -0.05) is 6.58 Å². The molecule has 3 rings (SSSR count). The summed E-state index contributed by atoms with van der Waals surface area (Å²) in [6.07, 6.45) is -0.232. The maximum atomic E-state index is 12.0. The SMILES string of the molecule is C=CC(=O)NCC(=O)OC1C2OC(=O)C3C2SC1C3C(=O)OC. The Bertz CT molecular complexity index is 592. The van der Waals surface area contributed by atoms with E-state index in [9.17, 15) is 19.2 Å². The van der Waals surface area contributed by atoms with E-state index < -0.39 is 47.9 Å². The summed E-state index contributed by atoms with van der Waals surface area (Å²) in [7, 11) is 1.25. The van der Waals surface area contributed by atoms with Gasteiger partial charge in [0.1, 0.15) is 6.54 Å². The van der Waals surface area contributed by atoms with Crippen LogP contribution in [-0.4, -0.2) is 60.2 Å². The predicted molar refractivity (Wildman–Crippen MR) is 77.1 cm³/mol. The fraction of sp³-hybridized carbons (Fsp3) is 0.571. The van der Waals surface area contributed by atoms with E-state index in [1.54, 1.807) is 0 Å². The van der Waals surface area contributed by atoms with Gasteiger partial charge < -0.3 is 19.5 Å². The molecule has 6 unspecified atom stereocenters. The first-order valence-corrected chi connectivity index (χ1v) is 7.95. The number of ether oxygens (including phenoxy) is 3. The van der Waals surface area contributed by atoms with Crippen molar-refractivity contribution in [1.29, 1.82) is 0 Å². The summed E-state index contributed by atoms with van der Waals surface area (Å²) in [5.74, 6) is -3.34. The summed E-state index contributed by atoms with van der Waals surface area (Å²) >= 11 is 1.42. The number of fused-ring (bicyclic) bond motifs is 1. The maximum absolute atomic E-state index is 12.0. The van der Waals surface area contributed by atoms with E-state index in [1.807, 2.05) is 0 Å². The third-order valence-corrected chi connectivity index (χ3v) is 5.99. The highest BCUT2D eigenvalue weighted by molar-refractivity contribution is 8.01. The third-order valence-electron chi connectivity index (χ3n) is 4.24. The number of rotatable bonds is 5. The van der Waals surface area contributed by atoms with Gasteiger partial charge in [-0.05, 0) is 6.08 Å². The molecule has 0 radical (unpaired) electrons. The van der Waals surface area contributed by atoms with Gasteiger partial charge in [0.25, 0.3) is 0 Å². The molecule has 3 saturated heterocycles. The number of nitrogens with one attached hydrogen (secondary N) is 1. The summed E-state index contributed by atoms with van der Waals surface area (Å²) in [6, 6.07) is 0. The van der Waals surface area contributed by atoms with E-state index >= 15 is 0 Å². The first kappa shape index (κ1) is 15.9. The van der Waals surface area contributed by atoms with E-state index in [4.69, 9.17) is 14.2 Å². The minimum atomic E-state index is -0.718. The highest BCUT2D eigenvalue weighted by Crippen LogP contribution is 2.59. The van der Waals surface area contributed by atoms with Crippen molar-refractivity contribution < 1.29 is 33.4 Å². The van der Waals surface area contributed by atoms with Gasteiger partial charge in [-0.15, -0.1) is 11.8 Å². The molecule has 3 heterocycles. The van der Waals surface area contributed by atoms with Crippen molar-refractivity contribution in [3.8, 4) is 0 Å². The molecular formula is C14H15NO7S. The Balaban J connectivity index is 1.70. The molecule has 3 aliphatic rings. The van der Waals surface area contributed by atoms with Gasteiger partial charge in [-0.2, -0.15) is 0 Å². The highest BCUT2D eigenvalue weighted by atomic mass is 32.2. The Kier molecular flexibility index (Phi) is 4.05. The molecule has 1 amide bonds. The number of thioether (sulfide) groups is 1. The average Bonchev–Trinajstić information content (AvgIpc) is 3.15. The van der Waals surface area contributed by atoms with Gasteiger partial charge in [-0.3, -0.25) is 19.2 Å². The van der Waals surface area contributed by atoms with E-state index in [0.29, 0.717) is 0 Å².